The van der Waals surface area contributed by atoms with Crippen LogP contribution < -0.4 is 14.4 Å². The number of ether oxygens (including phenoxy) is 2. The smallest absolute Gasteiger partial charge is 0.231 e. The predicted octanol–water partition coefficient (Wildman–Crippen LogP) is 5.81. The van der Waals surface area contributed by atoms with Gasteiger partial charge in [-0.05, 0) is 41.2 Å². The van der Waals surface area contributed by atoms with Crippen molar-refractivity contribution in [1.82, 2.24) is 4.90 Å². The van der Waals surface area contributed by atoms with Crippen LogP contribution in [0.1, 0.15) is 66.4 Å². The van der Waals surface area contributed by atoms with Crippen molar-refractivity contribution in [2.75, 3.05) is 44.4 Å². The molecule has 0 spiro atoms. The van der Waals surface area contributed by atoms with Gasteiger partial charge in [0.15, 0.2) is 11.5 Å². The minimum Gasteiger partial charge on any atom is -0.454 e. The third kappa shape index (κ3) is 4.64. The quantitative estimate of drug-likeness (QED) is 0.609. The van der Waals surface area contributed by atoms with Crippen molar-refractivity contribution in [2.45, 2.75) is 60.8 Å². The van der Waals surface area contributed by atoms with E-state index in [-0.39, 0.29) is 5.41 Å². The van der Waals surface area contributed by atoms with E-state index in [4.69, 9.17) is 9.47 Å². The molecule has 1 atom stereocenters. The second-order valence-electron chi connectivity index (χ2n) is 11.2. The zero-order valence-corrected chi connectivity index (χ0v) is 19.9. The van der Waals surface area contributed by atoms with Crippen LogP contribution in [0.25, 0.3) is 5.57 Å². The predicted molar refractivity (Wildman–Crippen MR) is 125 cm³/mol. The highest BCUT2D eigenvalue weighted by molar-refractivity contribution is 5.81. The Labute approximate surface area is 183 Å². The molecular weight excluding hydrogens is 372 g/mol. The molecule has 1 unspecified atom stereocenters. The van der Waals surface area contributed by atoms with Gasteiger partial charge in [0.2, 0.25) is 6.79 Å². The normalized spacial score (nSPS) is 23.9. The van der Waals surface area contributed by atoms with Crippen molar-refractivity contribution in [2.24, 2.45) is 16.7 Å². The van der Waals surface area contributed by atoms with Gasteiger partial charge in [-0.25, -0.2) is 0 Å². The highest BCUT2D eigenvalue weighted by Gasteiger charge is 2.35. The molecule has 4 rings (SSSR count). The van der Waals surface area contributed by atoms with Crippen molar-refractivity contribution in [3.05, 3.63) is 23.8 Å². The molecule has 0 amide bonds. The minimum absolute atomic E-state index is 0.208. The van der Waals surface area contributed by atoms with Crippen molar-refractivity contribution >= 4 is 11.3 Å². The maximum Gasteiger partial charge on any atom is 0.231 e. The van der Waals surface area contributed by atoms with Gasteiger partial charge in [0.05, 0.1) is 0 Å². The van der Waals surface area contributed by atoms with Crippen LogP contribution >= 0.6 is 0 Å². The maximum atomic E-state index is 5.77. The Balaban J connectivity index is 1.64. The zero-order chi connectivity index (χ0) is 21.5. The van der Waals surface area contributed by atoms with Gasteiger partial charge in [0.1, 0.15) is 0 Å². The number of hydrogen-bond acceptors (Lipinski definition) is 4. The molecule has 0 saturated carbocycles. The van der Waals surface area contributed by atoms with Crippen LogP contribution in [-0.4, -0.2) is 44.4 Å². The summed E-state index contributed by atoms with van der Waals surface area (Å²) in [5, 5.41) is 0. The molecule has 166 valence electrons. The Morgan fingerprint density at radius 2 is 1.67 bits per heavy atom. The summed E-state index contributed by atoms with van der Waals surface area (Å²) >= 11 is 0. The first-order chi connectivity index (χ1) is 14.2. The molecule has 1 saturated heterocycles. The summed E-state index contributed by atoms with van der Waals surface area (Å²) < 4.78 is 11.5. The van der Waals surface area contributed by atoms with Crippen LogP contribution in [0, 0.1) is 16.7 Å². The van der Waals surface area contributed by atoms with E-state index in [1.807, 2.05) is 0 Å². The van der Waals surface area contributed by atoms with Gasteiger partial charge in [0, 0.05) is 50.0 Å². The zero-order valence-electron chi connectivity index (χ0n) is 19.9. The van der Waals surface area contributed by atoms with E-state index in [9.17, 15) is 0 Å². The standard InChI is InChI=1S/C26H40N2O2/c1-7-19(2)16-27-8-10-28(11-9-27)22-13-24-23(29-18-30-24)12-21(22)20-14-25(3,4)17-26(5,6)15-20/h12-14,19H,7-11,15-18H2,1-6H3. The summed E-state index contributed by atoms with van der Waals surface area (Å²) in [7, 11) is 0. The molecular formula is C26H40N2O2. The molecule has 0 aromatic heterocycles. The van der Waals surface area contributed by atoms with Crippen LogP contribution in [0.4, 0.5) is 5.69 Å². The van der Waals surface area contributed by atoms with E-state index >= 15 is 0 Å². The fourth-order valence-electron chi connectivity index (χ4n) is 5.75. The third-order valence-electron chi connectivity index (χ3n) is 6.98. The molecule has 0 radical (unpaired) electrons. The van der Waals surface area contributed by atoms with Crippen molar-refractivity contribution in [3.63, 3.8) is 0 Å². The van der Waals surface area contributed by atoms with Crippen LogP contribution in [0.3, 0.4) is 0 Å². The fraction of sp³-hybridized carbons (Fsp3) is 0.692. The summed E-state index contributed by atoms with van der Waals surface area (Å²) in [6, 6.07) is 4.48. The second-order valence-corrected chi connectivity index (χ2v) is 11.2. The molecule has 3 aliphatic rings. The van der Waals surface area contributed by atoms with E-state index < -0.39 is 0 Å². The first-order valence-corrected chi connectivity index (χ1v) is 11.8. The van der Waals surface area contributed by atoms with Gasteiger partial charge >= 0.3 is 0 Å². The van der Waals surface area contributed by atoms with Gasteiger partial charge in [-0.15, -0.1) is 0 Å². The molecule has 0 N–H and O–H groups in total. The van der Waals surface area contributed by atoms with Gasteiger partial charge in [-0.1, -0.05) is 54.0 Å². The van der Waals surface area contributed by atoms with Crippen LogP contribution in [0.5, 0.6) is 11.5 Å². The molecule has 0 bridgehead atoms. The van der Waals surface area contributed by atoms with E-state index in [1.54, 1.807) is 0 Å². The first-order valence-electron chi connectivity index (χ1n) is 11.8. The van der Waals surface area contributed by atoms with Crippen molar-refractivity contribution in [3.8, 4) is 11.5 Å². The van der Waals surface area contributed by atoms with Gasteiger partial charge in [0.25, 0.3) is 0 Å². The number of allylic oxidation sites excluding steroid dienone is 2. The lowest BCUT2D eigenvalue weighted by Gasteiger charge is -2.41. The Kier molecular flexibility index (Phi) is 5.82. The average Bonchev–Trinajstić information content (AvgIpc) is 3.12. The summed E-state index contributed by atoms with van der Waals surface area (Å²) in [4.78, 5) is 5.20. The molecule has 2 aliphatic heterocycles. The van der Waals surface area contributed by atoms with Gasteiger partial charge < -0.3 is 14.4 Å². The Morgan fingerprint density at radius 3 is 2.30 bits per heavy atom. The maximum absolute atomic E-state index is 5.77. The fourth-order valence-corrected chi connectivity index (χ4v) is 5.75. The number of fused-ring (bicyclic) bond motifs is 1. The highest BCUT2D eigenvalue weighted by atomic mass is 16.7. The monoisotopic (exact) mass is 412 g/mol. The Morgan fingerprint density at radius 1 is 1.00 bits per heavy atom. The molecule has 1 aromatic carbocycles. The van der Waals surface area contributed by atoms with E-state index in [1.165, 1.54) is 36.2 Å². The largest absolute Gasteiger partial charge is 0.454 e. The molecule has 1 aromatic rings. The van der Waals surface area contributed by atoms with E-state index in [0.717, 1.165) is 50.0 Å². The van der Waals surface area contributed by atoms with Crippen LogP contribution in [0.2, 0.25) is 0 Å². The molecule has 1 fully saturated rings. The summed E-state index contributed by atoms with van der Waals surface area (Å²) in [5.41, 5.74) is 4.64. The average molecular weight is 413 g/mol. The van der Waals surface area contributed by atoms with Gasteiger partial charge in [-0.2, -0.15) is 0 Å². The molecule has 4 heteroatoms. The summed E-state index contributed by atoms with van der Waals surface area (Å²) in [6.07, 6.45) is 6.10. The first kappa shape index (κ1) is 21.5. The third-order valence-corrected chi connectivity index (χ3v) is 6.98. The Bertz CT molecular complexity index is 803. The number of hydrogen-bond donors (Lipinski definition) is 0. The number of rotatable bonds is 5. The lowest BCUT2D eigenvalue weighted by Crippen LogP contribution is -2.47. The van der Waals surface area contributed by atoms with E-state index in [0.29, 0.717) is 12.2 Å². The molecule has 1 aliphatic carbocycles. The second kappa shape index (κ2) is 8.11. The highest BCUT2D eigenvalue weighted by Crippen LogP contribution is 2.50. The minimum atomic E-state index is 0.208. The molecule has 30 heavy (non-hydrogen) atoms. The number of benzene rings is 1. The lowest BCUT2D eigenvalue weighted by molar-refractivity contribution is 0.174. The number of piperazine rings is 1. The SMILES string of the molecule is CCC(C)CN1CCN(c2cc3c(cc2C2=CC(C)(C)CC(C)(C)C2)OCO3)CC1. The van der Waals surface area contributed by atoms with Crippen molar-refractivity contribution in [1.29, 1.82) is 0 Å². The number of anilines is 1. The topological polar surface area (TPSA) is 24.9 Å². The molecule has 4 nitrogen and oxygen atoms in total. The van der Waals surface area contributed by atoms with Crippen molar-refractivity contribution < 1.29 is 9.47 Å². The summed E-state index contributed by atoms with van der Waals surface area (Å²) in [6.45, 7) is 20.2. The van der Waals surface area contributed by atoms with Gasteiger partial charge in [-0.3, -0.25) is 4.90 Å². The summed E-state index contributed by atoms with van der Waals surface area (Å²) in [5.74, 6) is 2.56. The van der Waals surface area contributed by atoms with E-state index in [2.05, 4.69) is 69.6 Å². The molecule has 2 heterocycles. The number of nitrogens with zero attached hydrogens (tertiary/aromatic N) is 2. The lowest BCUT2D eigenvalue weighted by atomic mass is 9.65. The van der Waals surface area contributed by atoms with Crippen LogP contribution in [0.15, 0.2) is 18.2 Å². The van der Waals surface area contributed by atoms with Crippen LogP contribution in [-0.2, 0) is 0 Å². The Hall–Kier alpha value is -1.68.